The summed E-state index contributed by atoms with van der Waals surface area (Å²) >= 11 is 7.15. The van der Waals surface area contributed by atoms with E-state index in [2.05, 4.69) is 15.5 Å². The van der Waals surface area contributed by atoms with Crippen LogP contribution < -0.4 is 11.2 Å². The third-order valence-corrected chi connectivity index (χ3v) is 5.14. The number of hydrogen-bond donors (Lipinski definition) is 2. The van der Waals surface area contributed by atoms with Gasteiger partial charge in [0.2, 0.25) is 11.1 Å². The normalized spacial score (nSPS) is 11.8. The molecule has 0 saturated carbocycles. The van der Waals surface area contributed by atoms with E-state index in [1.54, 1.807) is 38.3 Å². The molecule has 2 heterocycles. The van der Waals surface area contributed by atoms with Crippen molar-refractivity contribution in [3.8, 4) is 17.5 Å². The number of halogens is 1. The van der Waals surface area contributed by atoms with Crippen molar-refractivity contribution in [2.45, 2.75) is 24.3 Å². The number of benzene rings is 1. The zero-order valence-corrected chi connectivity index (χ0v) is 16.0. The van der Waals surface area contributed by atoms with Crippen LogP contribution in [0, 0.1) is 18.3 Å². The third-order valence-electron chi connectivity index (χ3n) is 3.77. The SMILES string of the molecule is Cc1occc1-c1nnc(SC(C)C(=O)Nc2ccc(C#N)c(Cl)c2)n1N. The maximum absolute atomic E-state index is 12.4. The van der Waals surface area contributed by atoms with Crippen molar-refractivity contribution in [3.63, 3.8) is 0 Å². The third kappa shape index (κ3) is 3.92. The van der Waals surface area contributed by atoms with Crippen LogP contribution in [0.1, 0.15) is 18.2 Å². The summed E-state index contributed by atoms with van der Waals surface area (Å²) in [6.07, 6.45) is 1.55. The zero-order chi connectivity index (χ0) is 19.6. The van der Waals surface area contributed by atoms with E-state index in [0.717, 1.165) is 5.56 Å². The van der Waals surface area contributed by atoms with Gasteiger partial charge in [-0.1, -0.05) is 23.4 Å². The molecule has 0 aliphatic carbocycles. The fourth-order valence-corrected chi connectivity index (χ4v) is 3.29. The number of furan rings is 1. The first-order valence-electron chi connectivity index (χ1n) is 7.83. The molecule has 138 valence electrons. The number of thioether (sulfide) groups is 1. The second kappa shape index (κ2) is 7.73. The molecule has 0 bridgehead atoms. The van der Waals surface area contributed by atoms with Gasteiger partial charge in [0.1, 0.15) is 11.8 Å². The number of nitrogen functional groups attached to an aromatic ring is 1. The number of carbonyl (C=O) groups excluding carboxylic acids is 1. The highest BCUT2D eigenvalue weighted by Crippen LogP contribution is 2.28. The van der Waals surface area contributed by atoms with Crippen molar-refractivity contribution in [1.29, 1.82) is 5.26 Å². The van der Waals surface area contributed by atoms with Crippen molar-refractivity contribution >= 4 is 35.0 Å². The lowest BCUT2D eigenvalue weighted by Crippen LogP contribution is -2.23. The molecule has 1 atom stereocenters. The quantitative estimate of drug-likeness (QED) is 0.496. The van der Waals surface area contributed by atoms with Crippen LogP contribution in [-0.2, 0) is 4.79 Å². The molecule has 0 spiro atoms. The number of nitriles is 1. The summed E-state index contributed by atoms with van der Waals surface area (Å²) in [5.74, 6) is 6.94. The van der Waals surface area contributed by atoms with Crippen LogP contribution in [0.15, 0.2) is 40.1 Å². The van der Waals surface area contributed by atoms with E-state index in [4.69, 9.17) is 27.1 Å². The molecule has 0 aliphatic heterocycles. The molecule has 8 nitrogen and oxygen atoms in total. The Hall–Kier alpha value is -2.96. The lowest BCUT2D eigenvalue weighted by atomic mass is 10.2. The predicted molar refractivity (Wildman–Crippen MR) is 103 cm³/mol. The number of rotatable bonds is 5. The molecule has 0 aliphatic rings. The van der Waals surface area contributed by atoms with Crippen LogP contribution in [0.2, 0.25) is 5.02 Å². The van der Waals surface area contributed by atoms with Crippen molar-refractivity contribution in [1.82, 2.24) is 14.9 Å². The molecular weight excluding hydrogens is 388 g/mol. The maximum Gasteiger partial charge on any atom is 0.237 e. The van der Waals surface area contributed by atoms with Gasteiger partial charge in [0.15, 0.2) is 5.82 Å². The molecule has 0 saturated heterocycles. The number of nitrogens with zero attached hydrogens (tertiary/aromatic N) is 4. The van der Waals surface area contributed by atoms with Crippen molar-refractivity contribution < 1.29 is 9.21 Å². The van der Waals surface area contributed by atoms with E-state index < -0.39 is 5.25 Å². The van der Waals surface area contributed by atoms with Crippen LogP contribution in [0.25, 0.3) is 11.4 Å². The van der Waals surface area contributed by atoms with E-state index in [-0.39, 0.29) is 10.9 Å². The highest BCUT2D eigenvalue weighted by Gasteiger charge is 2.21. The minimum atomic E-state index is -0.496. The number of anilines is 1. The van der Waals surface area contributed by atoms with Gasteiger partial charge in [0.05, 0.1) is 27.7 Å². The first-order chi connectivity index (χ1) is 12.9. The van der Waals surface area contributed by atoms with Crippen molar-refractivity contribution in [2.75, 3.05) is 11.2 Å². The number of amides is 1. The van der Waals surface area contributed by atoms with Gasteiger partial charge in [-0.15, -0.1) is 10.2 Å². The second-order valence-electron chi connectivity index (χ2n) is 5.62. The molecule has 0 fully saturated rings. The zero-order valence-electron chi connectivity index (χ0n) is 14.4. The molecular formula is C17H15ClN6O2S. The number of nitrogens with two attached hydrogens (primary N) is 1. The van der Waals surface area contributed by atoms with Crippen molar-refractivity contribution in [2.24, 2.45) is 0 Å². The van der Waals surface area contributed by atoms with Gasteiger partial charge in [0.25, 0.3) is 0 Å². The number of aromatic nitrogens is 3. The van der Waals surface area contributed by atoms with E-state index in [0.29, 0.717) is 28.0 Å². The van der Waals surface area contributed by atoms with Crippen LogP contribution in [0.5, 0.6) is 0 Å². The summed E-state index contributed by atoms with van der Waals surface area (Å²) in [4.78, 5) is 12.4. The van der Waals surface area contributed by atoms with Crippen LogP contribution in [0.3, 0.4) is 0 Å². The maximum atomic E-state index is 12.4. The summed E-state index contributed by atoms with van der Waals surface area (Å²) < 4.78 is 6.58. The highest BCUT2D eigenvalue weighted by molar-refractivity contribution is 8.00. The number of hydrogen-bond acceptors (Lipinski definition) is 7. The van der Waals surface area contributed by atoms with E-state index in [1.807, 2.05) is 6.07 Å². The number of aryl methyl sites for hydroxylation is 1. The second-order valence-corrected chi connectivity index (χ2v) is 7.34. The molecule has 2 aromatic heterocycles. The van der Waals surface area contributed by atoms with Gasteiger partial charge in [-0.2, -0.15) is 5.26 Å². The average molecular weight is 403 g/mol. The predicted octanol–water partition coefficient (Wildman–Crippen LogP) is 3.20. The Balaban J connectivity index is 1.70. The molecule has 3 aromatic rings. The monoisotopic (exact) mass is 402 g/mol. The Kier molecular flexibility index (Phi) is 5.39. The average Bonchev–Trinajstić information content (AvgIpc) is 3.21. The van der Waals surface area contributed by atoms with Crippen LogP contribution in [0.4, 0.5) is 5.69 Å². The van der Waals surface area contributed by atoms with E-state index in [1.165, 1.54) is 22.5 Å². The van der Waals surface area contributed by atoms with Gasteiger partial charge < -0.3 is 15.6 Å². The van der Waals surface area contributed by atoms with Gasteiger partial charge in [0, 0.05) is 5.69 Å². The standard InChI is InChI=1S/C17H15ClN6O2S/c1-9-13(5-6-26-9)15-22-23-17(24(15)20)27-10(2)16(25)21-12-4-3-11(8-19)14(18)7-12/h3-7,10H,20H2,1-2H3,(H,21,25). The topological polar surface area (TPSA) is 123 Å². The summed E-state index contributed by atoms with van der Waals surface area (Å²) in [6.45, 7) is 3.53. The van der Waals surface area contributed by atoms with E-state index in [9.17, 15) is 4.79 Å². The lowest BCUT2D eigenvalue weighted by Gasteiger charge is -2.12. The molecule has 1 amide bonds. The Morgan fingerprint density at radius 1 is 1.44 bits per heavy atom. The van der Waals surface area contributed by atoms with Crippen molar-refractivity contribution in [3.05, 3.63) is 46.9 Å². The summed E-state index contributed by atoms with van der Waals surface area (Å²) in [5, 5.41) is 19.9. The van der Waals surface area contributed by atoms with Gasteiger partial charge in [-0.3, -0.25) is 4.79 Å². The Morgan fingerprint density at radius 3 is 2.85 bits per heavy atom. The van der Waals surface area contributed by atoms with Gasteiger partial charge >= 0.3 is 0 Å². The van der Waals surface area contributed by atoms with Gasteiger partial charge in [-0.25, -0.2) is 4.68 Å². The fourth-order valence-electron chi connectivity index (χ4n) is 2.30. The molecule has 1 aromatic carbocycles. The van der Waals surface area contributed by atoms with E-state index >= 15 is 0 Å². The summed E-state index contributed by atoms with van der Waals surface area (Å²) in [5.41, 5.74) is 1.58. The Labute approximate surface area is 164 Å². The molecule has 3 rings (SSSR count). The Morgan fingerprint density at radius 2 is 2.22 bits per heavy atom. The summed E-state index contributed by atoms with van der Waals surface area (Å²) in [6, 6.07) is 8.41. The smallest absolute Gasteiger partial charge is 0.237 e. The largest absolute Gasteiger partial charge is 0.469 e. The number of carbonyl (C=O) groups is 1. The molecule has 1 unspecified atom stereocenters. The molecule has 3 N–H and O–H groups in total. The number of nitrogens with one attached hydrogen (secondary N) is 1. The van der Waals surface area contributed by atoms with Gasteiger partial charge in [-0.05, 0) is 38.1 Å². The first kappa shape index (κ1) is 18.8. The summed E-state index contributed by atoms with van der Waals surface area (Å²) in [7, 11) is 0. The molecule has 10 heteroatoms. The minimum Gasteiger partial charge on any atom is -0.469 e. The Bertz CT molecular complexity index is 1040. The van der Waals surface area contributed by atoms with Crippen LogP contribution in [-0.4, -0.2) is 26.0 Å². The molecule has 27 heavy (non-hydrogen) atoms. The fraction of sp³-hybridized carbons (Fsp3) is 0.176. The lowest BCUT2D eigenvalue weighted by molar-refractivity contribution is -0.115. The first-order valence-corrected chi connectivity index (χ1v) is 9.08. The highest BCUT2D eigenvalue weighted by atomic mass is 35.5. The molecule has 0 radical (unpaired) electrons. The van der Waals surface area contributed by atoms with Crippen LogP contribution >= 0.6 is 23.4 Å². The minimum absolute atomic E-state index is 0.259.